The van der Waals surface area contributed by atoms with Crippen LogP contribution in [-0.4, -0.2) is 44.8 Å². The van der Waals surface area contributed by atoms with Crippen LogP contribution in [0, 0.1) is 22.0 Å². The van der Waals surface area contributed by atoms with Gasteiger partial charge in [0.15, 0.2) is 6.61 Å². The number of halogens is 2. The third kappa shape index (κ3) is 4.54. The molecule has 4 atom stereocenters. The van der Waals surface area contributed by atoms with Crippen LogP contribution in [0.15, 0.2) is 48.5 Å². The van der Waals surface area contributed by atoms with Gasteiger partial charge in [0.2, 0.25) is 17.6 Å². The second-order valence-electron chi connectivity index (χ2n) is 8.05. The second kappa shape index (κ2) is 9.75. The number of anilines is 1. The molecule has 2 amide bonds. The molecule has 4 rings (SSSR count). The van der Waals surface area contributed by atoms with E-state index < -0.39 is 35.1 Å². The number of nitrogens with zero attached hydrogens (tertiary/aromatic N) is 2. The van der Waals surface area contributed by atoms with Gasteiger partial charge in [0.1, 0.15) is 0 Å². The Morgan fingerprint density at radius 2 is 1.62 bits per heavy atom. The molecular weight excluding hydrogens is 576 g/mol. The Labute approximate surface area is 210 Å². The maximum Gasteiger partial charge on any atom is 0.340 e. The molecule has 0 spiro atoms. The fourth-order valence-corrected chi connectivity index (χ4v) is 5.50. The molecule has 176 valence electrons. The molecule has 1 saturated carbocycles. The summed E-state index contributed by atoms with van der Waals surface area (Å²) in [7, 11) is 0. The SMILES string of the molecule is O=C(COC(=O)c1ccccc1N1C(=O)[C@H]2C[C@@H](Br)[C@@H](Br)C[C@@H]2C1=O)c1cccc([N+](=O)[O-])c1. The number of non-ortho nitro benzene ring substituents is 1. The van der Waals surface area contributed by atoms with Gasteiger partial charge in [0.05, 0.1) is 28.0 Å². The number of alkyl halides is 2. The highest BCUT2D eigenvalue weighted by atomic mass is 79.9. The van der Waals surface area contributed by atoms with Crippen LogP contribution in [0.25, 0.3) is 0 Å². The average molecular weight is 594 g/mol. The highest BCUT2D eigenvalue weighted by Crippen LogP contribution is 2.44. The number of para-hydroxylation sites is 1. The van der Waals surface area contributed by atoms with Gasteiger partial charge in [-0.1, -0.05) is 56.1 Å². The van der Waals surface area contributed by atoms with Gasteiger partial charge in [-0.05, 0) is 25.0 Å². The Morgan fingerprint density at radius 1 is 1.00 bits per heavy atom. The summed E-state index contributed by atoms with van der Waals surface area (Å²) in [5, 5.41) is 10.9. The molecular formula is C23H18Br2N2O7. The Balaban J connectivity index is 1.52. The van der Waals surface area contributed by atoms with Gasteiger partial charge in [0, 0.05) is 27.4 Å². The third-order valence-electron chi connectivity index (χ3n) is 5.99. The van der Waals surface area contributed by atoms with Crippen molar-refractivity contribution in [2.75, 3.05) is 11.5 Å². The topological polar surface area (TPSA) is 124 Å². The number of ether oxygens (including phenoxy) is 1. The van der Waals surface area contributed by atoms with E-state index in [1.165, 1.54) is 30.3 Å². The van der Waals surface area contributed by atoms with Crippen LogP contribution in [0.1, 0.15) is 33.6 Å². The number of carbonyl (C=O) groups is 4. The number of hydrogen-bond donors (Lipinski definition) is 0. The van der Waals surface area contributed by atoms with E-state index in [2.05, 4.69) is 31.9 Å². The molecule has 0 aromatic heterocycles. The molecule has 2 aromatic rings. The zero-order valence-electron chi connectivity index (χ0n) is 17.6. The number of nitro benzene ring substituents is 1. The number of imide groups is 1. The van der Waals surface area contributed by atoms with Crippen molar-refractivity contribution in [3.63, 3.8) is 0 Å². The molecule has 34 heavy (non-hydrogen) atoms. The van der Waals surface area contributed by atoms with E-state index in [0.717, 1.165) is 11.0 Å². The lowest BCUT2D eigenvalue weighted by molar-refractivity contribution is -0.384. The normalized spacial score (nSPS) is 24.0. The number of ketones is 1. The maximum absolute atomic E-state index is 13.1. The molecule has 1 saturated heterocycles. The Kier molecular flexibility index (Phi) is 6.94. The monoisotopic (exact) mass is 592 g/mol. The number of nitro groups is 1. The Hall–Kier alpha value is -2.92. The molecule has 1 aliphatic heterocycles. The molecule has 1 heterocycles. The van der Waals surface area contributed by atoms with Crippen molar-refractivity contribution in [1.29, 1.82) is 0 Å². The quantitative estimate of drug-likeness (QED) is 0.123. The first-order chi connectivity index (χ1) is 16.2. The summed E-state index contributed by atoms with van der Waals surface area (Å²) in [6, 6.07) is 11.2. The van der Waals surface area contributed by atoms with Crippen molar-refractivity contribution in [3.8, 4) is 0 Å². The van der Waals surface area contributed by atoms with Gasteiger partial charge in [-0.3, -0.25) is 24.5 Å². The van der Waals surface area contributed by atoms with Crippen molar-refractivity contribution in [3.05, 3.63) is 69.8 Å². The number of fused-ring (bicyclic) bond motifs is 1. The Morgan fingerprint density at radius 3 is 2.24 bits per heavy atom. The van der Waals surface area contributed by atoms with Crippen LogP contribution in [0.2, 0.25) is 0 Å². The van der Waals surface area contributed by atoms with Crippen LogP contribution < -0.4 is 4.90 Å². The van der Waals surface area contributed by atoms with Crippen LogP contribution in [-0.2, 0) is 14.3 Å². The minimum Gasteiger partial charge on any atom is -0.454 e. The van der Waals surface area contributed by atoms with Crippen molar-refractivity contribution < 1.29 is 28.8 Å². The first kappa shape index (κ1) is 24.2. The van der Waals surface area contributed by atoms with Crippen LogP contribution >= 0.6 is 31.9 Å². The van der Waals surface area contributed by atoms with Crippen molar-refractivity contribution in [2.45, 2.75) is 22.5 Å². The number of esters is 1. The van der Waals surface area contributed by atoms with Gasteiger partial charge < -0.3 is 4.74 Å². The van der Waals surface area contributed by atoms with Crippen LogP contribution in [0.5, 0.6) is 0 Å². The standard InChI is InChI=1S/C23H18Br2N2O7/c24-17-9-15-16(10-18(17)25)22(30)26(21(15)29)19-7-2-1-6-14(19)23(31)34-11-20(28)12-4-3-5-13(8-12)27(32)33/h1-8,15-18H,9-11H2/t15-,16-,17-,18+/m0/s1. The molecule has 1 aliphatic carbocycles. The molecule has 9 nitrogen and oxygen atoms in total. The third-order valence-corrected chi connectivity index (χ3v) is 8.72. The lowest BCUT2D eigenvalue weighted by Crippen LogP contribution is -2.34. The van der Waals surface area contributed by atoms with Gasteiger partial charge >= 0.3 is 5.97 Å². The molecule has 2 aliphatic rings. The van der Waals surface area contributed by atoms with Gasteiger partial charge in [-0.15, -0.1) is 0 Å². The lowest BCUT2D eigenvalue weighted by atomic mass is 9.81. The summed E-state index contributed by atoms with van der Waals surface area (Å²) in [6.07, 6.45) is 0.984. The fourth-order valence-electron chi connectivity index (χ4n) is 4.26. The van der Waals surface area contributed by atoms with E-state index in [0.29, 0.717) is 12.8 Å². The molecule has 0 N–H and O–H groups in total. The van der Waals surface area contributed by atoms with Crippen LogP contribution in [0.4, 0.5) is 11.4 Å². The number of hydrogen-bond acceptors (Lipinski definition) is 7. The molecule has 11 heteroatoms. The van der Waals surface area contributed by atoms with E-state index >= 15 is 0 Å². The minimum atomic E-state index is -0.887. The smallest absolute Gasteiger partial charge is 0.340 e. The highest BCUT2D eigenvalue weighted by molar-refractivity contribution is 9.12. The fraction of sp³-hybridized carbons (Fsp3) is 0.304. The van der Waals surface area contributed by atoms with E-state index in [1.807, 2.05) is 0 Å². The predicted octanol–water partition coefficient (Wildman–Crippen LogP) is 4.06. The van der Waals surface area contributed by atoms with Crippen molar-refractivity contribution in [2.24, 2.45) is 11.8 Å². The van der Waals surface area contributed by atoms with E-state index in [9.17, 15) is 29.3 Å². The molecule has 0 bridgehead atoms. The second-order valence-corrected chi connectivity index (χ2v) is 10.4. The van der Waals surface area contributed by atoms with Gasteiger partial charge in [0.25, 0.3) is 5.69 Å². The molecule has 2 aromatic carbocycles. The van der Waals surface area contributed by atoms with E-state index in [-0.39, 0.29) is 44.0 Å². The molecule has 2 fully saturated rings. The molecule has 0 radical (unpaired) electrons. The number of carbonyl (C=O) groups excluding carboxylic acids is 4. The summed E-state index contributed by atoms with van der Waals surface area (Å²) in [4.78, 5) is 62.9. The average Bonchev–Trinajstić information content (AvgIpc) is 3.06. The predicted molar refractivity (Wildman–Crippen MR) is 128 cm³/mol. The summed E-state index contributed by atoms with van der Waals surface area (Å²) < 4.78 is 5.15. The largest absolute Gasteiger partial charge is 0.454 e. The zero-order chi connectivity index (χ0) is 24.6. The first-order valence-corrected chi connectivity index (χ1v) is 12.2. The number of benzene rings is 2. The number of Topliss-reactive ketones (excluding diaryl/α,β-unsaturated/α-hetero) is 1. The summed E-state index contributed by atoms with van der Waals surface area (Å²) >= 11 is 7.09. The van der Waals surface area contributed by atoms with E-state index in [4.69, 9.17) is 4.74 Å². The minimum absolute atomic E-state index is 0.0258. The Bertz CT molecular complexity index is 1170. The summed E-state index contributed by atoms with van der Waals surface area (Å²) in [5.74, 6) is -3.21. The highest BCUT2D eigenvalue weighted by Gasteiger charge is 2.52. The van der Waals surface area contributed by atoms with Crippen molar-refractivity contribution >= 4 is 66.8 Å². The summed E-state index contributed by atoms with van der Waals surface area (Å²) in [5.41, 5.74) is -0.151. The number of amides is 2. The first-order valence-electron chi connectivity index (χ1n) is 10.4. The maximum atomic E-state index is 13.1. The zero-order valence-corrected chi connectivity index (χ0v) is 20.7. The number of rotatable bonds is 6. The van der Waals surface area contributed by atoms with Gasteiger partial charge in [-0.2, -0.15) is 0 Å². The molecule has 0 unspecified atom stereocenters. The van der Waals surface area contributed by atoms with Crippen molar-refractivity contribution in [1.82, 2.24) is 0 Å². The van der Waals surface area contributed by atoms with Gasteiger partial charge in [-0.25, -0.2) is 9.69 Å². The van der Waals surface area contributed by atoms with E-state index in [1.54, 1.807) is 12.1 Å². The van der Waals surface area contributed by atoms with Crippen LogP contribution in [0.3, 0.4) is 0 Å². The summed E-state index contributed by atoms with van der Waals surface area (Å²) in [6.45, 7) is -0.655. The lowest BCUT2D eigenvalue weighted by Gasteiger charge is -2.29.